The number of hydrogen-bond donors (Lipinski definition) is 2. The largest absolute Gasteiger partial charge is 0.490 e. The van der Waals surface area contributed by atoms with Crippen LogP contribution in [0.25, 0.3) is 0 Å². The number of unbranched alkanes of at least 4 members (excludes halogenated alkanes) is 2. The molecule has 282 valence electrons. The maximum atomic E-state index is 14.0. The lowest BCUT2D eigenvalue weighted by Gasteiger charge is -2.59. The van der Waals surface area contributed by atoms with Crippen LogP contribution in [0.4, 0.5) is 9.18 Å². The number of benzene rings is 2. The molecule has 5 rings (SSSR count). The molecule has 11 heteroatoms. The normalized spacial score (nSPS) is 25.2. The van der Waals surface area contributed by atoms with Crippen molar-refractivity contribution < 1.29 is 43.2 Å². The molecule has 1 aliphatic heterocycles. The van der Waals surface area contributed by atoms with E-state index in [1.807, 2.05) is 25.1 Å². The lowest BCUT2D eigenvalue weighted by atomic mass is 9.55. The molecule has 52 heavy (non-hydrogen) atoms. The third-order valence-corrected chi connectivity index (χ3v) is 10.4. The van der Waals surface area contributed by atoms with Crippen molar-refractivity contribution in [1.82, 2.24) is 4.90 Å². The van der Waals surface area contributed by atoms with Gasteiger partial charge in [-0.25, -0.2) is 9.18 Å². The SMILES string of the molecule is C=CCOc1ccc2c(c1)C1C(CCCCO)C(CCCCO)C=C3C(=NOCC)CC(N(Cc4ccc(F)cc4)C(=O)OC)C(OCC=C)(O2)C31. The minimum Gasteiger partial charge on any atom is -0.490 e. The van der Waals surface area contributed by atoms with Gasteiger partial charge in [0.25, 0.3) is 0 Å². The van der Waals surface area contributed by atoms with Gasteiger partial charge in [-0.15, -0.1) is 6.58 Å². The summed E-state index contributed by atoms with van der Waals surface area (Å²) in [6.07, 6.45) is 9.89. The van der Waals surface area contributed by atoms with Crippen LogP contribution < -0.4 is 9.47 Å². The molecule has 3 aliphatic rings. The van der Waals surface area contributed by atoms with E-state index in [-0.39, 0.29) is 56.4 Å². The highest BCUT2D eigenvalue weighted by molar-refractivity contribution is 6.03. The minimum absolute atomic E-state index is 0.0683. The van der Waals surface area contributed by atoms with Gasteiger partial charge in [-0.2, -0.15) is 0 Å². The summed E-state index contributed by atoms with van der Waals surface area (Å²) in [4.78, 5) is 21.3. The molecule has 1 fully saturated rings. The van der Waals surface area contributed by atoms with Crippen molar-refractivity contribution in [3.8, 4) is 11.5 Å². The third kappa shape index (κ3) is 8.37. The standard InChI is InChI=1S/C41H53FN2O8/c1-5-22-49-31-18-19-36-34(25-31)38-32(13-9-11-21-46)29(12-8-10-20-45)24-33-35(43-51-7-3)26-37(41(52-36,39(33)38)50-23-6-2)44(40(47)48-4)27-28-14-16-30(42)17-15-28/h5-6,14-19,24-25,29,32,37-39,45-46H,1-2,7-13,20-23,26-27H2,3-4H3. The van der Waals surface area contributed by atoms with Crippen LogP contribution in [0.5, 0.6) is 11.5 Å². The number of aliphatic hydroxyl groups is 2. The number of ether oxygens (including phenoxy) is 4. The summed E-state index contributed by atoms with van der Waals surface area (Å²) in [6.45, 7) is 10.7. The number of nitrogens with zero attached hydrogens (tertiary/aromatic N) is 2. The number of amides is 1. The highest BCUT2D eigenvalue weighted by Crippen LogP contribution is 2.62. The highest BCUT2D eigenvalue weighted by Gasteiger charge is 2.65. The Morgan fingerprint density at radius 1 is 1.06 bits per heavy atom. The third-order valence-electron chi connectivity index (χ3n) is 10.4. The summed E-state index contributed by atoms with van der Waals surface area (Å²) in [5.41, 5.74) is 3.26. The van der Waals surface area contributed by atoms with Crippen LogP contribution in [0.15, 0.2) is 84.6 Å². The number of methoxy groups -OCH3 is 1. The summed E-state index contributed by atoms with van der Waals surface area (Å²) in [5.74, 6) is -1.04. The lowest BCUT2D eigenvalue weighted by molar-refractivity contribution is -0.256. The Bertz CT molecular complexity index is 1580. The van der Waals surface area contributed by atoms with Gasteiger partial charge in [-0.1, -0.05) is 54.9 Å². The average Bonchev–Trinajstić information content (AvgIpc) is 3.16. The van der Waals surface area contributed by atoms with E-state index < -0.39 is 23.8 Å². The Morgan fingerprint density at radius 2 is 1.79 bits per heavy atom. The number of allylic oxidation sites excluding steroid dienone is 1. The molecule has 0 saturated heterocycles. The molecule has 0 bridgehead atoms. The van der Waals surface area contributed by atoms with Crippen molar-refractivity contribution in [2.24, 2.45) is 22.9 Å². The van der Waals surface area contributed by atoms with E-state index in [1.54, 1.807) is 29.2 Å². The Labute approximate surface area is 306 Å². The van der Waals surface area contributed by atoms with Crippen LogP contribution >= 0.6 is 0 Å². The van der Waals surface area contributed by atoms with Crippen molar-refractivity contribution in [2.75, 3.05) is 40.1 Å². The fourth-order valence-electron chi connectivity index (χ4n) is 8.24. The van der Waals surface area contributed by atoms with E-state index in [0.717, 1.165) is 36.8 Å². The van der Waals surface area contributed by atoms with Crippen LogP contribution in [-0.4, -0.2) is 78.9 Å². The molecular weight excluding hydrogens is 667 g/mol. The van der Waals surface area contributed by atoms with Gasteiger partial charge in [0.1, 0.15) is 36.6 Å². The fourth-order valence-corrected chi connectivity index (χ4v) is 8.24. The van der Waals surface area contributed by atoms with E-state index in [1.165, 1.54) is 19.2 Å². The van der Waals surface area contributed by atoms with Gasteiger partial charge in [0.2, 0.25) is 5.79 Å². The van der Waals surface area contributed by atoms with Crippen LogP contribution in [0.3, 0.4) is 0 Å². The Kier molecular flexibility index (Phi) is 13.9. The molecule has 2 aromatic carbocycles. The van der Waals surface area contributed by atoms with Gasteiger partial charge >= 0.3 is 6.09 Å². The van der Waals surface area contributed by atoms with Crippen LogP contribution in [-0.2, 0) is 20.9 Å². The molecule has 0 spiro atoms. The first-order valence-corrected chi connectivity index (χ1v) is 18.4. The second-order valence-electron chi connectivity index (χ2n) is 13.5. The Hall–Kier alpha value is -4.19. The predicted molar refractivity (Wildman–Crippen MR) is 197 cm³/mol. The molecule has 2 aliphatic carbocycles. The Balaban J connectivity index is 1.78. The first kappa shape index (κ1) is 39.0. The van der Waals surface area contributed by atoms with Gasteiger partial charge < -0.3 is 34.0 Å². The monoisotopic (exact) mass is 720 g/mol. The lowest BCUT2D eigenvalue weighted by Crippen LogP contribution is -2.70. The molecule has 1 heterocycles. The average molecular weight is 721 g/mol. The molecule has 1 amide bonds. The maximum Gasteiger partial charge on any atom is 0.410 e. The molecule has 10 nitrogen and oxygen atoms in total. The van der Waals surface area contributed by atoms with Gasteiger partial charge in [-0.05, 0) is 85.9 Å². The number of carbonyl (C=O) groups is 1. The number of fused-ring (bicyclic) bond motifs is 2. The first-order chi connectivity index (χ1) is 25.3. The summed E-state index contributed by atoms with van der Waals surface area (Å²) in [6, 6.07) is 11.0. The molecule has 1 saturated carbocycles. The fraction of sp³-hybridized carbons (Fsp3) is 0.512. The smallest absolute Gasteiger partial charge is 0.410 e. The number of oxime groups is 1. The van der Waals surface area contributed by atoms with Crippen molar-refractivity contribution in [3.63, 3.8) is 0 Å². The van der Waals surface area contributed by atoms with Crippen molar-refractivity contribution >= 4 is 11.8 Å². The number of aliphatic hydroxyl groups excluding tert-OH is 2. The molecule has 6 unspecified atom stereocenters. The summed E-state index contributed by atoms with van der Waals surface area (Å²) in [7, 11) is 1.33. The van der Waals surface area contributed by atoms with E-state index in [0.29, 0.717) is 48.8 Å². The van der Waals surface area contributed by atoms with Crippen LogP contribution in [0, 0.1) is 23.6 Å². The second kappa shape index (κ2) is 18.5. The second-order valence-corrected chi connectivity index (χ2v) is 13.5. The zero-order valence-electron chi connectivity index (χ0n) is 30.4. The molecular formula is C41H53FN2O8. The number of rotatable bonds is 19. The molecule has 0 radical (unpaired) electrons. The van der Waals surface area contributed by atoms with E-state index in [4.69, 9.17) is 23.8 Å². The maximum absolute atomic E-state index is 14.0. The van der Waals surface area contributed by atoms with E-state index in [2.05, 4.69) is 24.4 Å². The molecule has 0 aromatic heterocycles. The number of hydrogen-bond acceptors (Lipinski definition) is 9. The number of carbonyl (C=O) groups excluding carboxylic acids is 1. The number of halogens is 1. The molecule has 2 N–H and O–H groups in total. The minimum atomic E-state index is -1.44. The van der Waals surface area contributed by atoms with E-state index in [9.17, 15) is 19.4 Å². The van der Waals surface area contributed by atoms with Crippen LogP contribution in [0.2, 0.25) is 0 Å². The van der Waals surface area contributed by atoms with Crippen molar-refractivity contribution in [3.05, 3.63) is 96.4 Å². The van der Waals surface area contributed by atoms with Gasteiger partial charge in [0.05, 0.1) is 25.3 Å². The summed E-state index contributed by atoms with van der Waals surface area (Å²) < 4.78 is 39.5. The van der Waals surface area contributed by atoms with Gasteiger partial charge in [0.15, 0.2) is 0 Å². The first-order valence-electron chi connectivity index (χ1n) is 18.4. The molecule has 2 aromatic rings. The van der Waals surface area contributed by atoms with Crippen molar-refractivity contribution in [2.45, 2.75) is 76.2 Å². The quantitative estimate of drug-likeness (QED) is 0.0882. The van der Waals surface area contributed by atoms with Crippen molar-refractivity contribution in [1.29, 1.82) is 0 Å². The van der Waals surface area contributed by atoms with Gasteiger partial charge in [0, 0.05) is 37.7 Å². The molecule has 6 atom stereocenters. The summed E-state index contributed by atoms with van der Waals surface area (Å²) >= 11 is 0. The zero-order chi connectivity index (χ0) is 37.1. The summed E-state index contributed by atoms with van der Waals surface area (Å²) in [5, 5.41) is 24.2. The Morgan fingerprint density at radius 3 is 2.46 bits per heavy atom. The predicted octanol–water partition coefficient (Wildman–Crippen LogP) is 7.31. The highest BCUT2D eigenvalue weighted by atomic mass is 19.1. The topological polar surface area (TPSA) is 119 Å². The van der Waals surface area contributed by atoms with Crippen LogP contribution in [0.1, 0.15) is 68.9 Å². The van der Waals surface area contributed by atoms with Gasteiger partial charge in [-0.3, -0.25) is 4.90 Å². The van der Waals surface area contributed by atoms with E-state index >= 15 is 0 Å². The zero-order valence-corrected chi connectivity index (χ0v) is 30.4.